The summed E-state index contributed by atoms with van der Waals surface area (Å²) in [7, 11) is -2.93. The molecule has 1 unspecified atom stereocenters. The molecule has 0 bridgehead atoms. The van der Waals surface area contributed by atoms with Gasteiger partial charge in [-0.15, -0.1) is 0 Å². The molecule has 3 nitrogen and oxygen atoms in total. The molecule has 0 aliphatic heterocycles. The molecular weight excluding hydrogens is 270 g/mol. The van der Waals surface area contributed by atoms with Crippen LogP contribution in [0.2, 0.25) is 0 Å². The molecule has 0 amide bonds. The Morgan fingerprint density at radius 1 is 1.20 bits per heavy atom. The van der Waals surface area contributed by atoms with Gasteiger partial charge in [0.1, 0.15) is 9.84 Å². The number of hydrogen-bond acceptors (Lipinski definition) is 3. The van der Waals surface area contributed by atoms with Crippen molar-refractivity contribution in [3.05, 3.63) is 35.4 Å². The van der Waals surface area contributed by atoms with E-state index in [0.717, 1.165) is 6.54 Å². The highest BCUT2D eigenvalue weighted by Crippen LogP contribution is 2.31. The second-order valence-corrected chi connectivity index (χ2v) is 8.63. The predicted molar refractivity (Wildman–Crippen MR) is 85.9 cm³/mol. The Bertz CT molecular complexity index is 530. The number of hydrogen-bond donors (Lipinski definition) is 1. The number of sulfone groups is 1. The second kappa shape index (κ2) is 6.72. The molecule has 0 heterocycles. The zero-order valence-corrected chi connectivity index (χ0v) is 14.0. The standard InChI is InChI=1S/C16H27NO2S/c1-6-17-15(11-12-20(5,18)19)13-9-7-8-10-14(13)16(2,3)4/h7-10,15,17H,6,11-12H2,1-5H3. The third-order valence-corrected chi connectivity index (χ3v) is 4.35. The van der Waals surface area contributed by atoms with Gasteiger partial charge >= 0.3 is 0 Å². The first-order chi connectivity index (χ1) is 9.15. The summed E-state index contributed by atoms with van der Waals surface area (Å²) in [5.74, 6) is 0.211. The van der Waals surface area contributed by atoms with E-state index in [0.29, 0.717) is 6.42 Å². The molecule has 0 aromatic heterocycles. The van der Waals surface area contributed by atoms with Gasteiger partial charge in [-0.05, 0) is 29.5 Å². The molecule has 0 aliphatic carbocycles. The molecule has 0 radical (unpaired) electrons. The van der Waals surface area contributed by atoms with Crippen LogP contribution in [0.15, 0.2) is 24.3 Å². The molecule has 1 N–H and O–H groups in total. The lowest BCUT2D eigenvalue weighted by Crippen LogP contribution is -2.26. The fraction of sp³-hybridized carbons (Fsp3) is 0.625. The average molecular weight is 297 g/mol. The molecule has 114 valence electrons. The van der Waals surface area contributed by atoms with Crippen molar-refractivity contribution in [1.29, 1.82) is 0 Å². The maximum absolute atomic E-state index is 11.4. The Labute approximate surface area is 123 Å². The van der Waals surface area contributed by atoms with Gasteiger partial charge in [0.05, 0.1) is 5.75 Å². The molecule has 1 aromatic carbocycles. The van der Waals surface area contributed by atoms with E-state index in [1.807, 2.05) is 19.1 Å². The van der Waals surface area contributed by atoms with Crippen LogP contribution in [0, 0.1) is 0 Å². The molecule has 1 atom stereocenters. The van der Waals surface area contributed by atoms with E-state index in [1.54, 1.807) is 0 Å². The molecule has 0 saturated heterocycles. The Morgan fingerprint density at radius 2 is 1.80 bits per heavy atom. The summed E-state index contributed by atoms with van der Waals surface area (Å²) < 4.78 is 22.9. The summed E-state index contributed by atoms with van der Waals surface area (Å²) >= 11 is 0. The SMILES string of the molecule is CCNC(CCS(C)(=O)=O)c1ccccc1C(C)(C)C. The minimum Gasteiger partial charge on any atom is -0.310 e. The van der Waals surface area contributed by atoms with Gasteiger partial charge in [-0.1, -0.05) is 52.0 Å². The quantitative estimate of drug-likeness (QED) is 0.878. The third-order valence-electron chi connectivity index (χ3n) is 3.37. The first kappa shape index (κ1) is 17.2. The Morgan fingerprint density at radius 3 is 2.30 bits per heavy atom. The van der Waals surface area contributed by atoms with Crippen molar-refractivity contribution in [3.63, 3.8) is 0 Å². The van der Waals surface area contributed by atoms with Gasteiger partial charge in [0.2, 0.25) is 0 Å². The van der Waals surface area contributed by atoms with Crippen molar-refractivity contribution in [2.45, 2.75) is 45.6 Å². The van der Waals surface area contributed by atoms with E-state index in [2.05, 4.69) is 38.2 Å². The second-order valence-electron chi connectivity index (χ2n) is 6.37. The third kappa shape index (κ3) is 5.25. The minimum atomic E-state index is -2.93. The first-order valence-corrected chi connectivity index (χ1v) is 9.21. The zero-order valence-electron chi connectivity index (χ0n) is 13.2. The van der Waals surface area contributed by atoms with Gasteiger partial charge in [0, 0.05) is 12.3 Å². The van der Waals surface area contributed by atoms with Crippen molar-refractivity contribution in [1.82, 2.24) is 5.32 Å². The Balaban J connectivity index is 3.09. The maximum atomic E-state index is 11.4. The predicted octanol–water partition coefficient (Wildman–Crippen LogP) is 3.07. The topological polar surface area (TPSA) is 46.2 Å². The number of nitrogens with one attached hydrogen (secondary N) is 1. The summed E-state index contributed by atoms with van der Waals surface area (Å²) in [5.41, 5.74) is 2.54. The van der Waals surface area contributed by atoms with Gasteiger partial charge in [-0.25, -0.2) is 8.42 Å². The highest BCUT2D eigenvalue weighted by Gasteiger charge is 2.22. The van der Waals surface area contributed by atoms with Crippen molar-refractivity contribution >= 4 is 9.84 Å². The molecule has 1 aromatic rings. The smallest absolute Gasteiger partial charge is 0.147 e. The van der Waals surface area contributed by atoms with Gasteiger partial charge in [0.15, 0.2) is 0 Å². The van der Waals surface area contributed by atoms with Crippen LogP contribution in [-0.4, -0.2) is 27.0 Å². The molecule has 0 aliphatic rings. The van der Waals surface area contributed by atoms with E-state index in [1.165, 1.54) is 17.4 Å². The molecule has 1 rings (SSSR count). The van der Waals surface area contributed by atoms with Crippen molar-refractivity contribution in [3.8, 4) is 0 Å². The lowest BCUT2D eigenvalue weighted by molar-refractivity contribution is 0.506. The summed E-state index contributed by atoms with van der Waals surface area (Å²) in [6.45, 7) is 9.43. The molecule has 0 saturated carbocycles. The Kier molecular flexibility index (Phi) is 5.78. The van der Waals surface area contributed by atoms with Crippen LogP contribution < -0.4 is 5.32 Å². The molecule has 20 heavy (non-hydrogen) atoms. The maximum Gasteiger partial charge on any atom is 0.147 e. The average Bonchev–Trinajstić information content (AvgIpc) is 2.32. The summed E-state index contributed by atoms with van der Waals surface area (Å²) in [6.07, 6.45) is 1.91. The van der Waals surface area contributed by atoms with E-state index in [4.69, 9.17) is 0 Å². The molecular formula is C16H27NO2S. The summed E-state index contributed by atoms with van der Waals surface area (Å²) in [5, 5.41) is 3.42. The summed E-state index contributed by atoms with van der Waals surface area (Å²) in [6, 6.07) is 8.40. The van der Waals surface area contributed by atoms with Gasteiger partial charge in [0.25, 0.3) is 0 Å². The van der Waals surface area contributed by atoms with Crippen molar-refractivity contribution < 1.29 is 8.42 Å². The van der Waals surface area contributed by atoms with E-state index >= 15 is 0 Å². The highest BCUT2D eigenvalue weighted by molar-refractivity contribution is 7.90. The van der Waals surface area contributed by atoms with Crippen LogP contribution in [0.5, 0.6) is 0 Å². The first-order valence-electron chi connectivity index (χ1n) is 7.15. The van der Waals surface area contributed by atoms with Crippen LogP contribution in [0.4, 0.5) is 0 Å². The van der Waals surface area contributed by atoms with Crippen LogP contribution in [0.25, 0.3) is 0 Å². The fourth-order valence-corrected chi connectivity index (χ4v) is 3.09. The van der Waals surface area contributed by atoms with Gasteiger partial charge in [-0.3, -0.25) is 0 Å². The summed E-state index contributed by atoms with van der Waals surface area (Å²) in [4.78, 5) is 0. The monoisotopic (exact) mass is 297 g/mol. The van der Waals surface area contributed by atoms with E-state index < -0.39 is 9.84 Å². The van der Waals surface area contributed by atoms with E-state index in [9.17, 15) is 8.42 Å². The zero-order chi connectivity index (χ0) is 15.4. The molecule has 0 spiro atoms. The van der Waals surface area contributed by atoms with Gasteiger partial charge < -0.3 is 5.32 Å². The van der Waals surface area contributed by atoms with E-state index in [-0.39, 0.29) is 17.2 Å². The lowest BCUT2D eigenvalue weighted by atomic mass is 9.81. The normalized spacial score (nSPS) is 14.2. The number of rotatable bonds is 6. The number of benzene rings is 1. The van der Waals surface area contributed by atoms with Crippen LogP contribution in [0.3, 0.4) is 0 Å². The highest BCUT2D eigenvalue weighted by atomic mass is 32.2. The van der Waals surface area contributed by atoms with Crippen molar-refractivity contribution in [2.24, 2.45) is 0 Å². The fourth-order valence-electron chi connectivity index (χ4n) is 2.43. The lowest BCUT2D eigenvalue weighted by Gasteiger charge is -2.28. The van der Waals surface area contributed by atoms with Crippen LogP contribution >= 0.6 is 0 Å². The minimum absolute atomic E-state index is 0.0509. The largest absolute Gasteiger partial charge is 0.310 e. The van der Waals surface area contributed by atoms with Crippen LogP contribution in [-0.2, 0) is 15.3 Å². The Hall–Kier alpha value is -0.870. The van der Waals surface area contributed by atoms with Crippen molar-refractivity contribution in [2.75, 3.05) is 18.6 Å². The van der Waals surface area contributed by atoms with Crippen LogP contribution in [0.1, 0.15) is 51.3 Å². The molecule has 0 fully saturated rings. The van der Waals surface area contributed by atoms with Gasteiger partial charge in [-0.2, -0.15) is 0 Å². The molecule has 4 heteroatoms.